The fourth-order valence-corrected chi connectivity index (χ4v) is 4.04. The topological polar surface area (TPSA) is 93.4 Å². The first kappa shape index (κ1) is 23.8. The maximum absolute atomic E-state index is 13.2. The number of nitrogens with one attached hydrogen (secondary N) is 1. The molecule has 0 aliphatic heterocycles. The lowest BCUT2D eigenvalue weighted by atomic mass is 9.95. The van der Waals surface area contributed by atoms with Gasteiger partial charge in [0.05, 0.1) is 18.9 Å². The second-order valence-electron chi connectivity index (χ2n) is 7.90. The number of nitrogens with zero attached hydrogens (tertiary/aromatic N) is 2. The number of ether oxygens (including phenoxy) is 1. The Morgan fingerprint density at radius 1 is 1.25 bits per heavy atom. The standard InChI is InChI=1S/C24H28ClN3O4/c1-16(13-23(30)31)12-22(29)24-19-14-17(25)5-6-20(19)28(2)21(24)7-10-32-11-9-27-18-4-3-8-26-15-18/h3-6,8,14-16,27H,7,9-13H2,1-2H3,(H,30,31)/t16-/m0/s1. The molecule has 2 N–H and O–H groups in total. The molecule has 1 atom stereocenters. The molecule has 1 aromatic carbocycles. The highest BCUT2D eigenvalue weighted by atomic mass is 35.5. The van der Waals surface area contributed by atoms with Crippen molar-refractivity contribution in [2.75, 3.05) is 25.1 Å². The Balaban J connectivity index is 1.69. The number of hydrogen-bond donors (Lipinski definition) is 2. The lowest BCUT2D eigenvalue weighted by Crippen LogP contribution is -2.15. The number of carbonyl (C=O) groups excluding carboxylic acids is 1. The van der Waals surface area contributed by atoms with Gasteiger partial charge in [0.1, 0.15) is 0 Å². The van der Waals surface area contributed by atoms with Crippen LogP contribution in [0.15, 0.2) is 42.7 Å². The van der Waals surface area contributed by atoms with Crippen LogP contribution < -0.4 is 5.32 Å². The van der Waals surface area contributed by atoms with E-state index >= 15 is 0 Å². The molecular formula is C24H28ClN3O4. The number of Topliss-reactive ketones (excluding diaryl/α,β-unsaturated/α-hetero) is 1. The molecule has 0 radical (unpaired) electrons. The molecule has 0 saturated heterocycles. The number of anilines is 1. The van der Waals surface area contributed by atoms with Gasteiger partial charge in [0.25, 0.3) is 0 Å². The molecular weight excluding hydrogens is 430 g/mol. The van der Waals surface area contributed by atoms with Crippen LogP contribution in [0.25, 0.3) is 10.9 Å². The summed E-state index contributed by atoms with van der Waals surface area (Å²) in [6.07, 6.45) is 4.16. The predicted molar refractivity (Wildman–Crippen MR) is 126 cm³/mol. The zero-order valence-electron chi connectivity index (χ0n) is 18.3. The monoisotopic (exact) mass is 457 g/mol. The molecule has 3 aromatic rings. The van der Waals surface area contributed by atoms with E-state index < -0.39 is 5.97 Å². The van der Waals surface area contributed by atoms with E-state index in [1.54, 1.807) is 31.5 Å². The van der Waals surface area contributed by atoms with Crippen LogP contribution in [0.2, 0.25) is 5.02 Å². The second kappa shape index (κ2) is 11.1. The van der Waals surface area contributed by atoms with E-state index in [0.29, 0.717) is 36.8 Å². The zero-order chi connectivity index (χ0) is 23.1. The van der Waals surface area contributed by atoms with Crippen molar-refractivity contribution in [1.29, 1.82) is 0 Å². The average Bonchev–Trinajstić information content (AvgIpc) is 3.01. The Bertz CT molecular complexity index is 1080. The van der Waals surface area contributed by atoms with E-state index in [1.165, 1.54) is 0 Å². The molecule has 3 rings (SSSR count). The van der Waals surface area contributed by atoms with Gasteiger partial charge in [-0.1, -0.05) is 18.5 Å². The smallest absolute Gasteiger partial charge is 0.303 e. The van der Waals surface area contributed by atoms with Gasteiger partial charge in [0.15, 0.2) is 5.78 Å². The molecule has 0 bridgehead atoms. The molecule has 2 aromatic heterocycles. The van der Waals surface area contributed by atoms with E-state index in [0.717, 1.165) is 22.3 Å². The average molecular weight is 458 g/mol. The SMILES string of the molecule is C[C@H](CC(=O)O)CC(=O)c1c(CCOCCNc2cccnc2)n(C)c2ccc(Cl)cc12. The van der Waals surface area contributed by atoms with E-state index in [1.807, 2.05) is 29.8 Å². The highest BCUT2D eigenvalue weighted by Gasteiger charge is 2.23. The minimum atomic E-state index is -0.903. The highest BCUT2D eigenvalue weighted by molar-refractivity contribution is 6.31. The molecule has 0 saturated carbocycles. The van der Waals surface area contributed by atoms with E-state index in [9.17, 15) is 9.59 Å². The van der Waals surface area contributed by atoms with Gasteiger partial charge < -0.3 is 19.7 Å². The van der Waals surface area contributed by atoms with Crippen LogP contribution in [-0.4, -0.2) is 46.2 Å². The minimum Gasteiger partial charge on any atom is -0.481 e. The summed E-state index contributed by atoms with van der Waals surface area (Å²) in [6, 6.07) is 9.31. The molecule has 7 nitrogen and oxygen atoms in total. The number of carboxylic acids is 1. The van der Waals surface area contributed by atoms with Gasteiger partial charge in [-0.3, -0.25) is 14.6 Å². The molecule has 0 aliphatic carbocycles. The molecule has 0 aliphatic rings. The number of ketones is 1. The van der Waals surface area contributed by atoms with Crippen molar-refractivity contribution in [3.05, 3.63) is 59.0 Å². The molecule has 0 spiro atoms. The van der Waals surface area contributed by atoms with Crippen LogP contribution in [0.1, 0.15) is 35.8 Å². The van der Waals surface area contributed by atoms with Gasteiger partial charge >= 0.3 is 5.97 Å². The number of aliphatic carboxylic acids is 1. The first-order valence-electron chi connectivity index (χ1n) is 10.6. The third-order valence-electron chi connectivity index (χ3n) is 5.34. The Morgan fingerprint density at radius 2 is 2.06 bits per heavy atom. The molecule has 170 valence electrons. The van der Waals surface area contributed by atoms with Crippen molar-refractivity contribution in [2.24, 2.45) is 13.0 Å². The summed E-state index contributed by atoms with van der Waals surface area (Å²) in [7, 11) is 1.92. The van der Waals surface area contributed by atoms with E-state index in [-0.39, 0.29) is 24.5 Å². The lowest BCUT2D eigenvalue weighted by molar-refractivity contribution is -0.137. The Kier molecular flexibility index (Phi) is 8.25. The number of carbonyl (C=O) groups is 2. The van der Waals surface area contributed by atoms with Crippen LogP contribution in [0.5, 0.6) is 0 Å². The first-order chi connectivity index (χ1) is 15.4. The second-order valence-corrected chi connectivity index (χ2v) is 8.34. The normalized spacial score (nSPS) is 12.1. The predicted octanol–water partition coefficient (Wildman–Crippen LogP) is 4.58. The molecule has 32 heavy (non-hydrogen) atoms. The van der Waals surface area contributed by atoms with Crippen LogP contribution in [0.4, 0.5) is 5.69 Å². The summed E-state index contributed by atoms with van der Waals surface area (Å²) < 4.78 is 7.79. The number of carboxylic acid groups (broad SMARTS) is 1. The Morgan fingerprint density at radius 3 is 2.78 bits per heavy atom. The zero-order valence-corrected chi connectivity index (χ0v) is 19.1. The Hall–Kier alpha value is -2.90. The third-order valence-corrected chi connectivity index (χ3v) is 5.57. The summed E-state index contributed by atoms with van der Waals surface area (Å²) in [5, 5.41) is 13.6. The summed E-state index contributed by atoms with van der Waals surface area (Å²) in [4.78, 5) is 28.3. The highest BCUT2D eigenvalue weighted by Crippen LogP contribution is 2.30. The van der Waals surface area contributed by atoms with Gasteiger partial charge in [-0.05, 0) is 36.2 Å². The number of aromatic nitrogens is 2. The summed E-state index contributed by atoms with van der Waals surface area (Å²) in [5.74, 6) is -1.23. The number of rotatable bonds is 12. The fraction of sp³-hybridized carbons (Fsp3) is 0.375. The quantitative estimate of drug-likeness (QED) is 0.305. The third kappa shape index (κ3) is 6.08. The number of hydrogen-bond acceptors (Lipinski definition) is 5. The van der Waals surface area contributed by atoms with E-state index in [2.05, 4.69) is 10.3 Å². The fourth-order valence-electron chi connectivity index (χ4n) is 3.87. The number of halogens is 1. The summed E-state index contributed by atoms with van der Waals surface area (Å²) >= 11 is 6.21. The number of benzene rings is 1. The summed E-state index contributed by atoms with van der Waals surface area (Å²) in [5.41, 5.74) is 3.33. The van der Waals surface area contributed by atoms with Crippen LogP contribution in [0.3, 0.4) is 0 Å². The number of aryl methyl sites for hydroxylation is 1. The van der Waals surface area contributed by atoms with Gasteiger partial charge in [0.2, 0.25) is 0 Å². The van der Waals surface area contributed by atoms with Crippen molar-refractivity contribution in [1.82, 2.24) is 9.55 Å². The van der Waals surface area contributed by atoms with Crippen molar-refractivity contribution < 1.29 is 19.4 Å². The first-order valence-corrected chi connectivity index (χ1v) is 11.0. The number of pyridine rings is 1. The molecule has 8 heteroatoms. The van der Waals surface area contributed by atoms with Gasteiger partial charge in [-0.15, -0.1) is 0 Å². The lowest BCUT2D eigenvalue weighted by Gasteiger charge is -2.11. The van der Waals surface area contributed by atoms with Gasteiger partial charge in [0, 0.05) is 72.4 Å². The Labute approximate surface area is 192 Å². The molecule has 0 unspecified atom stereocenters. The summed E-state index contributed by atoms with van der Waals surface area (Å²) in [6.45, 7) is 3.40. The molecule has 0 fully saturated rings. The van der Waals surface area contributed by atoms with Crippen molar-refractivity contribution >= 4 is 39.9 Å². The van der Waals surface area contributed by atoms with Crippen molar-refractivity contribution in [3.8, 4) is 0 Å². The van der Waals surface area contributed by atoms with Crippen LogP contribution in [-0.2, 0) is 23.0 Å². The maximum atomic E-state index is 13.2. The minimum absolute atomic E-state index is 0.0420. The molecule has 0 amide bonds. The molecule has 2 heterocycles. The van der Waals surface area contributed by atoms with Crippen molar-refractivity contribution in [2.45, 2.75) is 26.2 Å². The van der Waals surface area contributed by atoms with Crippen LogP contribution in [0, 0.1) is 5.92 Å². The van der Waals surface area contributed by atoms with Crippen LogP contribution >= 0.6 is 11.6 Å². The van der Waals surface area contributed by atoms with Crippen molar-refractivity contribution in [3.63, 3.8) is 0 Å². The van der Waals surface area contributed by atoms with Gasteiger partial charge in [-0.25, -0.2) is 0 Å². The maximum Gasteiger partial charge on any atom is 0.303 e. The number of fused-ring (bicyclic) bond motifs is 1. The largest absolute Gasteiger partial charge is 0.481 e. The van der Waals surface area contributed by atoms with E-state index in [4.69, 9.17) is 21.4 Å². The van der Waals surface area contributed by atoms with Gasteiger partial charge in [-0.2, -0.15) is 0 Å².